The third-order valence-electron chi connectivity index (χ3n) is 8.34. The molecule has 0 saturated heterocycles. The normalized spacial score (nSPS) is 10.8. The Morgan fingerprint density at radius 1 is 0.354 bits per heavy atom. The molecule has 4 nitrogen and oxygen atoms in total. The van der Waals surface area contributed by atoms with E-state index in [4.69, 9.17) is 9.47 Å². The fraction of sp³-hybridized carbons (Fsp3) is 0.182. The summed E-state index contributed by atoms with van der Waals surface area (Å²) in [6.07, 6.45) is 4.36. The van der Waals surface area contributed by atoms with Crippen molar-refractivity contribution in [3.05, 3.63) is 158 Å². The molecule has 0 fully saturated rings. The van der Waals surface area contributed by atoms with Gasteiger partial charge in [0.15, 0.2) is 0 Å². The fourth-order valence-corrected chi connectivity index (χ4v) is 5.71. The molecule has 6 aromatic rings. The van der Waals surface area contributed by atoms with Gasteiger partial charge in [0.05, 0.1) is 13.2 Å². The first-order chi connectivity index (χ1) is 23.7. The minimum atomic E-state index is 0.743. The van der Waals surface area contributed by atoms with Crippen molar-refractivity contribution in [3.8, 4) is 22.6 Å². The number of para-hydroxylation sites is 2. The van der Waals surface area contributed by atoms with Crippen LogP contribution in [0.5, 0.6) is 11.5 Å². The molecule has 0 atom stereocenters. The van der Waals surface area contributed by atoms with Crippen molar-refractivity contribution in [2.45, 2.75) is 39.5 Å². The van der Waals surface area contributed by atoms with Crippen LogP contribution >= 0.6 is 0 Å². The summed E-state index contributed by atoms with van der Waals surface area (Å²) in [5.41, 5.74) is 8.91. The molecule has 4 heteroatoms. The largest absolute Gasteiger partial charge is 0.494 e. The molecule has 0 spiro atoms. The second-order valence-corrected chi connectivity index (χ2v) is 11.8. The first-order valence-corrected chi connectivity index (χ1v) is 17.1. The van der Waals surface area contributed by atoms with Crippen LogP contribution in [0.15, 0.2) is 158 Å². The number of rotatable bonds is 15. The molecule has 0 heterocycles. The van der Waals surface area contributed by atoms with Crippen LogP contribution in [0.3, 0.4) is 0 Å². The quantitative estimate of drug-likeness (QED) is 0.105. The molecule has 6 aromatic carbocycles. The predicted octanol–water partition coefficient (Wildman–Crippen LogP) is 12.7. The van der Waals surface area contributed by atoms with Gasteiger partial charge in [0.2, 0.25) is 0 Å². The molecule has 0 saturated carbocycles. The smallest absolute Gasteiger partial charge is 0.119 e. The predicted molar refractivity (Wildman–Crippen MR) is 202 cm³/mol. The number of ether oxygens (including phenoxy) is 2. The van der Waals surface area contributed by atoms with Crippen molar-refractivity contribution in [3.63, 3.8) is 0 Å². The summed E-state index contributed by atoms with van der Waals surface area (Å²) in [5, 5.41) is 0. The Morgan fingerprint density at radius 2 is 0.646 bits per heavy atom. The standard InChI is InChI=1S/C44H44N2O2/c1-3-5-33-47-43-29-25-41(26-30-43)45(37-13-9-7-10-14-37)39-21-17-35(18-22-39)36-19-23-40(24-20-36)46(38-15-11-8-12-16-38)42-27-31-44(32-28-42)48-34-6-4-2/h7-32H,3-6,33-34H2,1-2H3. The van der Waals surface area contributed by atoms with Gasteiger partial charge in [-0.25, -0.2) is 0 Å². The Bertz CT molecular complexity index is 1670. The van der Waals surface area contributed by atoms with E-state index >= 15 is 0 Å². The number of unbranched alkanes of at least 4 members (excludes halogenated alkanes) is 2. The minimum absolute atomic E-state index is 0.743. The van der Waals surface area contributed by atoms with Gasteiger partial charge in [-0.1, -0.05) is 87.4 Å². The third-order valence-corrected chi connectivity index (χ3v) is 8.34. The Labute approximate surface area is 285 Å². The number of hydrogen-bond donors (Lipinski definition) is 0. The van der Waals surface area contributed by atoms with Crippen molar-refractivity contribution in [1.82, 2.24) is 0 Å². The van der Waals surface area contributed by atoms with Gasteiger partial charge in [0.1, 0.15) is 11.5 Å². The molecule has 6 rings (SSSR count). The van der Waals surface area contributed by atoms with E-state index in [9.17, 15) is 0 Å². The van der Waals surface area contributed by atoms with Gasteiger partial charge in [-0.15, -0.1) is 0 Å². The van der Waals surface area contributed by atoms with Gasteiger partial charge in [-0.05, 0) is 121 Å². The van der Waals surface area contributed by atoms with Gasteiger partial charge in [0, 0.05) is 34.1 Å². The van der Waals surface area contributed by atoms with E-state index in [1.165, 1.54) is 0 Å². The lowest BCUT2D eigenvalue weighted by atomic mass is 10.0. The molecule has 48 heavy (non-hydrogen) atoms. The summed E-state index contributed by atoms with van der Waals surface area (Å²) >= 11 is 0. The van der Waals surface area contributed by atoms with E-state index in [1.807, 2.05) is 0 Å². The van der Waals surface area contributed by atoms with Crippen molar-refractivity contribution in [2.24, 2.45) is 0 Å². The zero-order chi connectivity index (χ0) is 33.0. The van der Waals surface area contributed by atoms with Gasteiger partial charge in [-0.2, -0.15) is 0 Å². The molecule has 0 bridgehead atoms. The molecule has 0 aromatic heterocycles. The second kappa shape index (κ2) is 16.4. The van der Waals surface area contributed by atoms with Crippen LogP contribution < -0.4 is 19.3 Å². The summed E-state index contributed by atoms with van der Waals surface area (Å²) in [6.45, 7) is 5.84. The number of benzene rings is 6. The van der Waals surface area contributed by atoms with Crippen LogP contribution in [0, 0.1) is 0 Å². The maximum Gasteiger partial charge on any atom is 0.119 e. The first-order valence-electron chi connectivity index (χ1n) is 17.1. The summed E-state index contributed by atoms with van der Waals surface area (Å²) in [7, 11) is 0. The topological polar surface area (TPSA) is 24.9 Å². The Balaban J connectivity index is 1.24. The van der Waals surface area contributed by atoms with Crippen molar-refractivity contribution in [1.29, 1.82) is 0 Å². The molecule has 0 amide bonds. The molecular weight excluding hydrogens is 588 g/mol. The van der Waals surface area contributed by atoms with Gasteiger partial charge in [0.25, 0.3) is 0 Å². The van der Waals surface area contributed by atoms with Crippen LogP contribution in [0.1, 0.15) is 39.5 Å². The van der Waals surface area contributed by atoms with Crippen LogP contribution in [-0.4, -0.2) is 13.2 Å². The van der Waals surface area contributed by atoms with Crippen LogP contribution in [0.4, 0.5) is 34.1 Å². The van der Waals surface area contributed by atoms with Gasteiger partial charge >= 0.3 is 0 Å². The molecular formula is C44H44N2O2. The molecule has 0 aliphatic carbocycles. The van der Waals surface area contributed by atoms with Gasteiger partial charge < -0.3 is 19.3 Å². The number of anilines is 6. The van der Waals surface area contributed by atoms with E-state index in [2.05, 4.69) is 181 Å². The Hall–Kier alpha value is -5.48. The minimum Gasteiger partial charge on any atom is -0.494 e. The monoisotopic (exact) mass is 632 g/mol. The average molecular weight is 633 g/mol. The third kappa shape index (κ3) is 8.08. The van der Waals surface area contributed by atoms with Crippen LogP contribution in [-0.2, 0) is 0 Å². The highest BCUT2D eigenvalue weighted by molar-refractivity contribution is 5.80. The summed E-state index contributed by atoms with van der Waals surface area (Å²) in [6, 6.07) is 55.4. The number of nitrogens with zero attached hydrogens (tertiary/aromatic N) is 2. The van der Waals surface area contributed by atoms with Gasteiger partial charge in [-0.3, -0.25) is 0 Å². The second-order valence-electron chi connectivity index (χ2n) is 11.8. The van der Waals surface area contributed by atoms with Crippen molar-refractivity contribution in [2.75, 3.05) is 23.0 Å². The highest BCUT2D eigenvalue weighted by atomic mass is 16.5. The number of hydrogen-bond acceptors (Lipinski definition) is 4. The average Bonchev–Trinajstić information content (AvgIpc) is 3.15. The maximum atomic E-state index is 5.93. The van der Waals surface area contributed by atoms with Crippen LogP contribution in [0.2, 0.25) is 0 Å². The lowest BCUT2D eigenvalue weighted by Gasteiger charge is -2.26. The Kier molecular flexibility index (Phi) is 11.1. The van der Waals surface area contributed by atoms with E-state index in [-0.39, 0.29) is 0 Å². The zero-order valence-corrected chi connectivity index (χ0v) is 28.0. The molecule has 0 aliphatic rings. The van der Waals surface area contributed by atoms with E-state index in [0.29, 0.717) is 0 Å². The fourth-order valence-electron chi connectivity index (χ4n) is 5.71. The molecule has 242 valence electrons. The lowest BCUT2D eigenvalue weighted by Crippen LogP contribution is -2.10. The Morgan fingerprint density at radius 3 is 0.958 bits per heavy atom. The van der Waals surface area contributed by atoms with E-state index in [1.54, 1.807) is 0 Å². The zero-order valence-electron chi connectivity index (χ0n) is 28.0. The summed E-state index contributed by atoms with van der Waals surface area (Å²) < 4.78 is 11.9. The highest BCUT2D eigenvalue weighted by Gasteiger charge is 2.15. The van der Waals surface area contributed by atoms with Crippen molar-refractivity contribution < 1.29 is 9.47 Å². The first kappa shape index (κ1) is 32.5. The molecule has 0 aliphatic heterocycles. The SMILES string of the molecule is CCCCOc1ccc(N(c2ccccc2)c2ccc(-c3ccc(N(c4ccccc4)c4ccc(OCCCC)cc4)cc3)cc2)cc1. The van der Waals surface area contributed by atoms with Crippen LogP contribution in [0.25, 0.3) is 11.1 Å². The lowest BCUT2D eigenvalue weighted by molar-refractivity contribution is 0.309. The molecule has 0 radical (unpaired) electrons. The highest BCUT2D eigenvalue weighted by Crippen LogP contribution is 2.38. The summed E-state index contributed by atoms with van der Waals surface area (Å²) in [4.78, 5) is 4.56. The molecule has 0 N–H and O–H groups in total. The van der Waals surface area contributed by atoms with E-state index in [0.717, 1.165) is 95.6 Å². The van der Waals surface area contributed by atoms with Crippen molar-refractivity contribution >= 4 is 34.1 Å². The summed E-state index contributed by atoms with van der Waals surface area (Å²) in [5.74, 6) is 1.80. The maximum absolute atomic E-state index is 5.93. The molecule has 0 unspecified atom stereocenters. The van der Waals surface area contributed by atoms with E-state index < -0.39 is 0 Å².